The van der Waals surface area contributed by atoms with Crippen molar-refractivity contribution in [3.63, 3.8) is 0 Å². The monoisotopic (exact) mass is 480 g/mol. The van der Waals surface area contributed by atoms with E-state index in [4.69, 9.17) is 11.6 Å². The molecule has 7 nitrogen and oxygen atoms in total. The summed E-state index contributed by atoms with van der Waals surface area (Å²) in [7, 11) is -3.81. The number of thioether (sulfide) groups is 1. The fourth-order valence-corrected chi connectivity index (χ4v) is 5.07. The van der Waals surface area contributed by atoms with Crippen LogP contribution in [0.5, 0.6) is 0 Å². The molecule has 0 unspecified atom stereocenters. The lowest BCUT2D eigenvalue weighted by molar-refractivity contribution is 0.102. The third kappa shape index (κ3) is 5.60. The van der Waals surface area contributed by atoms with E-state index in [-0.39, 0.29) is 21.2 Å². The Labute approximate surface area is 187 Å². The minimum Gasteiger partial charge on any atom is -0.296 e. The van der Waals surface area contributed by atoms with Gasteiger partial charge in [0.25, 0.3) is 15.9 Å². The molecular weight excluding hydrogens is 464 g/mol. The Morgan fingerprint density at radius 3 is 2.67 bits per heavy atom. The molecule has 0 fully saturated rings. The Morgan fingerprint density at radius 2 is 1.97 bits per heavy atom. The molecule has 30 heavy (non-hydrogen) atoms. The summed E-state index contributed by atoms with van der Waals surface area (Å²) in [6.45, 7) is 5.51. The molecule has 1 heterocycles. The highest BCUT2D eigenvalue weighted by Crippen LogP contribution is 2.27. The van der Waals surface area contributed by atoms with Crippen molar-refractivity contribution < 1.29 is 13.2 Å². The van der Waals surface area contributed by atoms with Crippen LogP contribution in [0.15, 0.2) is 64.4 Å². The predicted octanol–water partition coefficient (Wildman–Crippen LogP) is 4.83. The van der Waals surface area contributed by atoms with Gasteiger partial charge in [-0.05, 0) is 37.3 Å². The van der Waals surface area contributed by atoms with Gasteiger partial charge in [0.1, 0.15) is 0 Å². The van der Waals surface area contributed by atoms with Crippen molar-refractivity contribution >= 4 is 61.4 Å². The molecule has 0 spiro atoms. The minimum atomic E-state index is -3.81. The summed E-state index contributed by atoms with van der Waals surface area (Å²) in [6, 6.07) is 10.8. The second kappa shape index (κ2) is 9.61. The van der Waals surface area contributed by atoms with Crippen molar-refractivity contribution in [1.29, 1.82) is 0 Å². The Bertz CT molecular complexity index is 1180. The lowest BCUT2D eigenvalue weighted by Gasteiger charge is -2.11. The van der Waals surface area contributed by atoms with E-state index in [1.165, 1.54) is 53.4 Å². The molecule has 3 aromatic rings. The van der Waals surface area contributed by atoms with Crippen molar-refractivity contribution in [2.45, 2.75) is 16.2 Å². The maximum atomic E-state index is 12.6. The third-order valence-electron chi connectivity index (χ3n) is 3.75. The van der Waals surface area contributed by atoms with Gasteiger partial charge in [0.05, 0.1) is 15.5 Å². The van der Waals surface area contributed by atoms with Crippen LogP contribution in [0.2, 0.25) is 5.02 Å². The van der Waals surface area contributed by atoms with Gasteiger partial charge in [-0.2, -0.15) is 0 Å². The van der Waals surface area contributed by atoms with Gasteiger partial charge >= 0.3 is 0 Å². The van der Waals surface area contributed by atoms with E-state index < -0.39 is 15.9 Å². The van der Waals surface area contributed by atoms with Crippen molar-refractivity contribution in [3.05, 3.63) is 71.3 Å². The molecule has 0 saturated carbocycles. The topological polar surface area (TPSA) is 101 Å². The number of carbonyl (C=O) groups excluding carboxylic acids is 1. The Kier molecular flexibility index (Phi) is 7.14. The van der Waals surface area contributed by atoms with Crippen molar-refractivity contribution in [2.24, 2.45) is 0 Å². The number of sulfonamides is 1. The molecule has 0 bridgehead atoms. The summed E-state index contributed by atoms with van der Waals surface area (Å²) >= 11 is 8.82. The number of hydrogen-bond acceptors (Lipinski definition) is 7. The van der Waals surface area contributed by atoms with Crippen molar-refractivity contribution in [1.82, 2.24) is 10.2 Å². The number of rotatable bonds is 8. The van der Waals surface area contributed by atoms with E-state index in [0.717, 1.165) is 5.56 Å². The first-order valence-electron chi connectivity index (χ1n) is 8.56. The predicted molar refractivity (Wildman–Crippen MR) is 122 cm³/mol. The van der Waals surface area contributed by atoms with Gasteiger partial charge < -0.3 is 0 Å². The number of benzene rings is 2. The van der Waals surface area contributed by atoms with Gasteiger partial charge in [0, 0.05) is 11.4 Å². The summed E-state index contributed by atoms with van der Waals surface area (Å²) in [6.07, 6.45) is 1.74. The van der Waals surface area contributed by atoms with Gasteiger partial charge in [0.15, 0.2) is 4.34 Å². The van der Waals surface area contributed by atoms with E-state index in [2.05, 4.69) is 26.8 Å². The molecule has 156 valence electrons. The molecular formula is C19H17ClN4O3S3. The molecule has 0 saturated heterocycles. The van der Waals surface area contributed by atoms with Gasteiger partial charge in [0.2, 0.25) is 5.13 Å². The van der Waals surface area contributed by atoms with Crippen LogP contribution in [0.3, 0.4) is 0 Å². The number of aromatic nitrogens is 2. The Balaban J connectivity index is 1.77. The fourth-order valence-electron chi connectivity index (χ4n) is 2.31. The quantitative estimate of drug-likeness (QED) is 0.272. The van der Waals surface area contributed by atoms with Crippen LogP contribution in [0.1, 0.15) is 15.9 Å². The van der Waals surface area contributed by atoms with Crippen LogP contribution < -0.4 is 10.0 Å². The molecule has 0 aliphatic heterocycles. The number of carbonyl (C=O) groups is 1. The van der Waals surface area contributed by atoms with E-state index in [9.17, 15) is 13.2 Å². The van der Waals surface area contributed by atoms with Crippen LogP contribution in [-0.4, -0.2) is 30.3 Å². The van der Waals surface area contributed by atoms with Crippen molar-refractivity contribution in [3.8, 4) is 0 Å². The average molecular weight is 481 g/mol. The number of amides is 1. The zero-order chi connectivity index (χ0) is 21.7. The highest BCUT2D eigenvalue weighted by Gasteiger charge is 2.18. The summed E-state index contributed by atoms with van der Waals surface area (Å²) in [5.41, 5.74) is 1.27. The highest BCUT2D eigenvalue weighted by molar-refractivity contribution is 8.01. The minimum absolute atomic E-state index is 0.108. The number of anilines is 2. The summed E-state index contributed by atoms with van der Waals surface area (Å²) in [5, 5.41) is 11.0. The SMILES string of the molecule is C=CCSc1nnc(NC(=O)c2cc(NS(=O)(=O)c3ccc(C)cc3)ccc2Cl)s1. The smallest absolute Gasteiger partial charge is 0.261 e. The number of nitrogens with one attached hydrogen (secondary N) is 2. The molecule has 3 rings (SSSR count). The number of hydrogen-bond donors (Lipinski definition) is 2. The van der Waals surface area contributed by atoms with E-state index in [0.29, 0.717) is 15.2 Å². The largest absolute Gasteiger partial charge is 0.296 e. The Hall–Kier alpha value is -2.40. The lowest BCUT2D eigenvalue weighted by atomic mass is 10.2. The first-order chi connectivity index (χ1) is 14.3. The average Bonchev–Trinajstić information content (AvgIpc) is 3.15. The number of halogens is 1. The third-order valence-corrected chi connectivity index (χ3v) is 7.44. The summed E-state index contributed by atoms with van der Waals surface area (Å²) in [5.74, 6) is 0.158. The molecule has 2 aromatic carbocycles. The molecule has 0 aliphatic rings. The van der Waals surface area contributed by atoms with Crippen LogP contribution in [-0.2, 0) is 10.0 Å². The summed E-state index contributed by atoms with van der Waals surface area (Å²) < 4.78 is 28.3. The zero-order valence-corrected chi connectivity index (χ0v) is 19.0. The maximum Gasteiger partial charge on any atom is 0.261 e. The molecule has 1 amide bonds. The number of aryl methyl sites for hydroxylation is 1. The first-order valence-corrected chi connectivity index (χ1v) is 12.2. The van der Waals surface area contributed by atoms with Gasteiger partial charge in [-0.1, -0.05) is 58.5 Å². The number of nitrogens with zero attached hydrogens (tertiary/aromatic N) is 2. The van der Waals surface area contributed by atoms with E-state index >= 15 is 0 Å². The normalized spacial score (nSPS) is 11.1. The zero-order valence-electron chi connectivity index (χ0n) is 15.8. The van der Waals surface area contributed by atoms with E-state index in [1.54, 1.807) is 18.2 Å². The second-order valence-corrected chi connectivity index (χ2v) is 10.4. The van der Waals surface area contributed by atoms with Crippen LogP contribution in [0.4, 0.5) is 10.8 Å². The second-order valence-electron chi connectivity index (χ2n) is 6.04. The molecule has 0 atom stereocenters. The van der Waals surface area contributed by atoms with Crippen molar-refractivity contribution in [2.75, 3.05) is 15.8 Å². The molecule has 0 radical (unpaired) electrons. The highest BCUT2D eigenvalue weighted by atomic mass is 35.5. The lowest BCUT2D eigenvalue weighted by Crippen LogP contribution is -2.15. The van der Waals surface area contributed by atoms with Gasteiger partial charge in [-0.3, -0.25) is 14.8 Å². The van der Waals surface area contributed by atoms with Crippen LogP contribution in [0.25, 0.3) is 0 Å². The molecule has 11 heteroatoms. The van der Waals surface area contributed by atoms with Gasteiger partial charge in [-0.15, -0.1) is 16.8 Å². The standard InChI is InChI=1S/C19H17ClN4O3S3/c1-3-10-28-19-23-22-18(29-19)21-17(25)15-11-13(6-9-16(15)20)24-30(26,27)14-7-4-12(2)5-8-14/h3-9,11,24H,1,10H2,2H3,(H,21,22,25). The van der Waals surface area contributed by atoms with E-state index in [1.807, 2.05) is 6.92 Å². The van der Waals surface area contributed by atoms with Crippen LogP contribution >= 0.6 is 34.7 Å². The fraction of sp³-hybridized carbons (Fsp3) is 0.105. The molecule has 2 N–H and O–H groups in total. The Morgan fingerprint density at radius 1 is 1.23 bits per heavy atom. The first kappa shape index (κ1) is 22.3. The molecule has 0 aliphatic carbocycles. The molecule has 1 aromatic heterocycles. The summed E-state index contributed by atoms with van der Waals surface area (Å²) in [4.78, 5) is 12.7. The maximum absolute atomic E-state index is 12.6. The van der Waals surface area contributed by atoms with Crippen LogP contribution in [0, 0.1) is 6.92 Å². The van der Waals surface area contributed by atoms with Gasteiger partial charge in [-0.25, -0.2) is 8.42 Å².